The first kappa shape index (κ1) is 18.8. The van der Waals surface area contributed by atoms with Crippen LogP contribution in [0.5, 0.6) is 5.75 Å². The van der Waals surface area contributed by atoms with Gasteiger partial charge in [0, 0.05) is 0 Å². The zero-order valence-electron chi connectivity index (χ0n) is 16.8. The van der Waals surface area contributed by atoms with Gasteiger partial charge in [0.1, 0.15) is 5.75 Å². The van der Waals surface area contributed by atoms with Crippen molar-refractivity contribution < 1.29 is 4.74 Å². The highest BCUT2D eigenvalue weighted by Crippen LogP contribution is 2.37. The third-order valence-corrected chi connectivity index (χ3v) is 5.09. The molecule has 0 aliphatic rings. The maximum absolute atomic E-state index is 5.38. The number of hydrogen-bond acceptors (Lipinski definition) is 1. The van der Waals surface area contributed by atoms with Crippen LogP contribution in [0.1, 0.15) is 27.8 Å². The van der Waals surface area contributed by atoms with E-state index in [1.165, 1.54) is 33.4 Å². The molecule has 0 aliphatic carbocycles. The predicted molar refractivity (Wildman–Crippen MR) is 122 cm³/mol. The minimum atomic E-state index is 0.859. The van der Waals surface area contributed by atoms with Crippen molar-refractivity contribution in [3.8, 4) is 5.75 Å². The Bertz CT molecular complexity index is 1090. The second-order valence-corrected chi connectivity index (χ2v) is 7.08. The molecular weight excluding hydrogens is 352 g/mol. The highest BCUT2D eigenvalue weighted by molar-refractivity contribution is 6.04. The number of methoxy groups -OCH3 is 1. The van der Waals surface area contributed by atoms with E-state index in [4.69, 9.17) is 4.74 Å². The van der Waals surface area contributed by atoms with E-state index >= 15 is 0 Å². The highest BCUT2D eigenvalue weighted by atomic mass is 16.5. The van der Waals surface area contributed by atoms with Gasteiger partial charge >= 0.3 is 0 Å². The summed E-state index contributed by atoms with van der Waals surface area (Å²) in [6, 6.07) is 38.3. The van der Waals surface area contributed by atoms with Crippen LogP contribution in [0.4, 0.5) is 0 Å². The summed E-state index contributed by atoms with van der Waals surface area (Å²) in [4.78, 5) is 0. The molecule has 29 heavy (non-hydrogen) atoms. The van der Waals surface area contributed by atoms with Gasteiger partial charge in [-0.15, -0.1) is 0 Å². The molecule has 0 atom stereocenters. The Balaban J connectivity index is 2.05. The number of hydrogen-bond donors (Lipinski definition) is 0. The van der Waals surface area contributed by atoms with Crippen molar-refractivity contribution in [2.75, 3.05) is 7.11 Å². The van der Waals surface area contributed by atoms with E-state index in [1.807, 2.05) is 12.1 Å². The van der Waals surface area contributed by atoms with Crippen LogP contribution in [0.3, 0.4) is 0 Å². The summed E-state index contributed by atoms with van der Waals surface area (Å²) in [5, 5.41) is 0. The Hall–Kier alpha value is -3.58. The lowest BCUT2D eigenvalue weighted by Crippen LogP contribution is -1.97. The van der Waals surface area contributed by atoms with Crippen LogP contribution in [0, 0.1) is 6.92 Å². The van der Waals surface area contributed by atoms with Crippen LogP contribution >= 0.6 is 0 Å². The quantitative estimate of drug-likeness (QED) is 0.340. The Kier molecular flexibility index (Phi) is 5.58. The van der Waals surface area contributed by atoms with E-state index in [0.717, 1.165) is 11.3 Å². The van der Waals surface area contributed by atoms with Crippen molar-refractivity contribution in [1.29, 1.82) is 0 Å². The molecule has 4 rings (SSSR count). The van der Waals surface area contributed by atoms with Gasteiger partial charge in [-0.2, -0.15) is 0 Å². The van der Waals surface area contributed by atoms with E-state index in [0.29, 0.717) is 0 Å². The Labute approximate surface area is 172 Å². The molecule has 142 valence electrons. The molecule has 0 unspecified atom stereocenters. The molecule has 0 aliphatic heterocycles. The zero-order valence-corrected chi connectivity index (χ0v) is 16.8. The van der Waals surface area contributed by atoms with E-state index in [-0.39, 0.29) is 0 Å². The maximum atomic E-state index is 5.38. The van der Waals surface area contributed by atoms with Gasteiger partial charge in [0.25, 0.3) is 0 Å². The van der Waals surface area contributed by atoms with Gasteiger partial charge in [-0.25, -0.2) is 0 Å². The number of rotatable bonds is 5. The summed E-state index contributed by atoms with van der Waals surface area (Å²) in [5.74, 6) is 0.859. The summed E-state index contributed by atoms with van der Waals surface area (Å²) in [6.07, 6.45) is 0. The van der Waals surface area contributed by atoms with E-state index < -0.39 is 0 Å². The van der Waals surface area contributed by atoms with Gasteiger partial charge in [-0.3, -0.25) is 0 Å². The van der Waals surface area contributed by atoms with E-state index in [1.54, 1.807) is 7.11 Å². The fourth-order valence-corrected chi connectivity index (χ4v) is 3.60. The van der Waals surface area contributed by atoms with Crippen LogP contribution in [-0.4, -0.2) is 7.11 Å². The standard InChI is InChI=1S/C28H24O/c1-21-13-15-24(16-14-21)27(22-9-5-3-6-10-22)28(23-11-7-4-8-12-23)25-17-19-26(29-2)20-18-25/h3-20H,1-2H3/b28-27+. The van der Waals surface area contributed by atoms with Crippen molar-refractivity contribution in [2.24, 2.45) is 0 Å². The minimum absolute atomic E-state index is 0.859. The fraction of sp³-hybridized carbons (Fsp3) is 0.0714. The summed E-state index contributed by atoms with van der Waals surface area (Å²) >= 11 is 0. The molecule has 0 saturated carbocycles. The summed E-state index contributed by atoms with van der Waals surface area (Å²) in [7, 11) is 1.70. The lowest BCUT2D eigenvalue weighted by molar-refractivity contribution is 0.415. The summed E-state index contributed by atoms with van der Waals surface area (Å²) in [5.41, 5.74) is 8.45. The molecule has 1 heteroatoms. The third kappa shape index (κ3) is 4.14. The van der Waals surface area contributed by atoms with Gasteiger partial charge in [-0.1, -0.05) is 103 Å². The van der Waals surface area contributed by atoms with Crippen LogP contribution in [0.25, 0.3) is 11.1 Å². The van der Waals surface area contributed by atoms with Crippen LogP contribution in [-0.2, 0) is 0 Å². The van der Waals surface area contributed by atoms with Gasteiger partial charge in [0.15, 0.2) is 0 Å². The predicted octanol–water partition coefficient (Wildman–Crippen LogP) is 7.01. The van der Waals surface area contributed by atoms with E-state index in [9.17, 15) is 0 Å². The zero-order chi connectivity index (χ0) is 20.1. The van der Waals surface area contributed by atoms with Gasteiger partial charge in [0.2, 0.25) is 0 Å². The van der Waals surface area contributed by atoms with Crippen molar-refractivity contribution in [3.63, 3.8) is 0 Å². The monoisotopic (exact) mass is 376 g/mol. The van der Waals surface area contributed by atoms with Crippen molar-refractivity contribution in [1.82, 2.24) is 0 Å². The number of aryl methyl sites for hydroxylation is 1. The molecule has 0 amide bonds. The molecule has 0 saturated heterocycles. The first-order valence-electron chi connectivity index (χ1n) is 9.83. The molecule has 0 fully saturated rings. The van der Waals surface area contributed by atoms with Crippen molar-refractivity contribution >= 4 is 11.1 Å². The molecule has 0 spiro atoms. The molecule has 0 aromatic heterocycles. The van der Waals surface area contributed by atoms with Crippen molar-refractivity contribution in [3.05, 3.63) is 137 Å². The topological polar surface area (TPSA) is 9.23 Å². The smallest absolute Gasteiger partial charge is 0.118 e. The lowest BCUT2D eigenvalue weighted by Gasteiger charge is -2.18. The van der Waals surface area contributed by atoms with Gasteiger partial charge < -0.3 is 4.74 Å². The van der Waals surface area contributed by atoms with Gasteiger partial charge in [0.05, 0.1) is 7.11 Å². The van der Waals surface area contributed by atoms with E-state index in [2.05, 4.69) is 104 Å². The SMILES string of the molecule is COc1ccc(/C(=C(\c2ccccc2)c2ccc(C)cc2)c2ccccc2)cc1. The minimum Gasteiger partial charge on any atom is -0.497 e. The molecule has 4 aromatic rings. The summed E-state index contributed by atoms with van der Waals surface area (Å²) in [6.45, 7) is 2.12. The third-order valence-electron chi connectivity index (χ3n) is 5.09. The molecule has 0 heterocycles. The largest absolute Gasteiger partial charge is 0.497 e. The average molecular weight is 376 g/mol. The first-order chi connectivity index (χ1) is 14.3. The van der Waals surface area contributed by atoms with Crippen LogP contribution < -0.4 is 4.74 Å². The molecule has 0 N–H and O–H groups in total. The number of benzene rings is 4. The Morgan fingerprint density at radius 2 is 0.862 bits per heavy atom. The first-order valence-corrected chi connectivity index (χ1v) is 9.83. The Morgan fingerprint density at radius 3 is 1.28 bits per heavy atom. The fourth-order valence-electron chi connectivity index (χ4n) is 3.60. The second-order valence-electron chi connectivity index (χ2n) is 7.08. The number of ether oxygens (including phenoxy) is 1. The Morgan fingerprint density at radius 1 is 0.483 bits per heavy atom. The van der Waals surface area contributed by atoms with Gasteiger partial charge in [-0.05, 0) is 52.5 Å². The lowest BCUT2D eigenvalue weighted by atomic mass is 9.85. The van der Waals surface area contributed by atoms with Crippen LogP contribution in [0.15, 0.2) is 109 Å². The van der Waals surface area contributed by atoms with Crippen molar-refractivity contribution in [2.45, 2.75) is 6.92 Å². The second kappa shape index (κ2) is 8.62. The molecule has 0 bridgehead atoms. The molecular formula is C28H24O. The molecule has 4 aromatic carbocycles. The molecule has 0 radical (unpaired) electrons. The summed E-state index contributed by atoms with van der Waals surface area (Å²) < 4.78 is 5.38. The normalized spacial score (nSPS) is 11.7. The average Bonchev–Trinajstić information content (AvgIpc) is 2.79. The highest BCUT2D eigenvalue weighted by Gasteiger charge is 2.16. The van der Waals surface area contributed by atoms with Crippen LogP contribution in [0.2, 0.25) is 0 Å². The molecule has 1 nitrogen and oxygen atoms in total. The maximum Gasteiger partial charge on any atom is 0.118 e.